The van der Waals surface area contributed by atoms with Crippen molar-refractivity contribution in [3.63, 3.8) is 0 Å². The third-order valence-electron chi connectivity index (χ3n) is 3.62. The predicted octanol–water partition coefficient (Wildman–Crippen LogP) is 3.40. The topological polar surface area (TPSA) is 32.3 Å². The average molecular weight is 298 g/mol. The molecule has 2 N–H and O–H groups in total. The van der Waals surface area contributed by atoms with E-state index in [-0.39, 0.29) is 6.04 Å². The van der Waals surface area contributed by atoms with Crippen LogP contribution in [0.2, 0.25) is 0 Å². The molecule has 1 aromatic rings. The Labute approximate surface area is 112 Å². The molecule has 0 radical (unpaired) electrons. The van der Waals surface area contributed by atoms with Crippen LogP contribution in [0.25, 0.3) is 0 Å². The van der Waals surface area contributed by atoms with Gasteiger partial charge in [-0.25, -0.2) is 0 Å². The molecule has 1 aliphatic carbocycles. The second-order valence-electron chi connectivity index (χ2n) is 5.09. The summed E-state index contributed by atoms with van der Waals surface area (Å²) in [5.41, 5.74) is 0.779. The van der Waals surface area contributed by atoms with Crippen LogP contribution in [0.4, 0.5) is 0 Å². The van der Waals surface area contributed by atoms with Gasteiger partial charge < -0.3 is 10.4 Å². The van der Waals surface area contributed by atoms with Crippen molar-refractivity contribution in [1.82, 2.24) is 5.32 Å². The highest BCUT2D eigenvalue weighted by atomic mass is 79.9. The molecule has 0 amide bonds. The van der Waals surface area contributed by atoms with Crippen molar-refractivity contribution in [3.05, 3.63) is 34.3 Å². The molecule has 3 heteroatoms. The second kappa shape index (κ2) is 5.51. The van der Waals surface area contributed by atoms with Crippen LogP contribution < -0.4 is 5.32 Å². The Morgan fingerprint density at radius 1 is 1.41 bits per heavy atom. The van der Waals surface area contributed by atoms with Gasteiger partial charge in [0.15, 0.2) is 0 Å². The maximum absolute atomic E-state index is 10.3. The lowest BCUT2D eigenvalue weighted by Gasteiger charge is -2.25. The van der Waals surface area contributed by atoms with Crippen LogP contribution in [0.5, 0.6) is 0 Å². The summed E-state index contributed by atoms with van der Waals surface area (Å²) in [5.74, 6) is 0. The molecule has 1 aliphatic rings. The molecular formula is C14H20BrNO. The van der Waals surface area contributed by atoms with Gasteiger partial charge in [0.25, 0.3) is 0 Å². The zero-order chi connectivity index (χ0) is 12.3. The van der Waals surface area contributed by atoms with Crippen molar-refractivity contribution >= 4 is 15.9 Å². The first kappa shape index (κ1) is 13.1. The normalized spacial score (nSPS) is 20.4. The molecule has 2 rings (SSSR count). The summed E-state index contributed by atoms with van der Waals surface area (Å²) in [5, 5.41) is 13.7. The van der Waals surface area contributed by atoms with E-state index in [9.17, 15) is 5.11 Å². The van der Waals surface area contributed by atoms with E-state index >= 15 is 0 Å². The first-order chi connectivity index (χ1) is 8.09. The fourth-order valence-electron chi connectivity index (χ4n) is 2.45. The van der Waals surface area contributed by atoms with Crippen molar-refractivity contribution in [2.24, 2.45) is 0 Å². The Balaban J connectivity index is 1.91. The summed E-state index contributed by atoms with van der Waals surface area (Å²) in [6.45, 7) is 2.83. The van der Waals surface area contributed by atoms with Crippen LogP contribution in [0.15, 0.2) is 28.7 Å². The Bertz CT molecular complexity index is 374. The van der Waals surface area contributed by atoms with E-state index in [0.29, 0.717) is 6.54 Å². The highest BCUT2D eigenvalue weighted by molar-refractivity contribution is 9.10. The molecule has 17 heavy (non-hydrogen) atoms. The van der Waals surface area contributed by atoms with E-state index in [1.807, 2.05) is 12.1 Å². The molecular weight excluding hydrogens is 278 g/mol. The standard InChI is InChI=1S/C14H20BrNO/c1-11(12-5-4-6-13(15)9-12)16-10-14(17)7-2-3-8-14/h4-6,9,11,16-17H,2-3,7-8,10H2,1H3. The van der Waals surface area contributed by atoms with Gasteiger partial charge in [-0.15, -0.1) is 0 Å². The molecule has 0 bridgehead atoms. The Morgan fingerprint density at radius 2 is 2.12 bits per heavy atom. The smallest absolute Gasteiger partial charge is 0.0771 e. The molecule has 1 unspecified atom stereocenters. The lowest BCUT2D eigenvalue weighted by atomic mass is 10.0. The highest BCUT2D eigenvalue weighted by Crippen LogP contribution is 2.29. The van der Waals surface area contributed by atoms with E-state index < -0.39 is 5.60 Å². The van der Waals surface area contributed by atoms with E-state index in [1.165, 1.54) is 5.56 Å². The number of hydrogen-bond donors (Lipinski definition) is 2. The van der Waals surface area contributed by atoms with Crippen LogP contribution in [-0.2, 0) is 0 Å². The largest absolute Gasteiger partial charge is 0.389 e. The van der Waals surface area contributed by atoms with Gasteiger partial charge in [-0.3, -0.25) is 0 Å². The molecule has 1 aromatic carbocycles. The summed E-state index contributed by atoms with van der Waals surface area (Å²) in [7, 11) is 0. The third-order valence-corrected chi connectivity index (χ3v) is 4.11. The van der Waals surface area contributed by atoms with Crippen molar-refractivity contribution in [3.8, 4) is 0 Å². The van der Waals surface area contributed by atoms with E-state index in [2.05, 4.69) is 40.3 Å². The first-order valence-corrected chi connectivity index (χ1v) is 7.10. The fourth-order valence-corrected chi connectivity index (χ4v) is 2.86. The molecule has 0 spiro atoms. The summed E-state index contributed by atoms with van der Waals surface area (Å²) < 4.78 is 1.10. The molecule has 0 saturated heterocycles. The Kier molecular flexibility index (Phi) is 4.23. The lowest BCUT2D eigenvalue weighted by molar-refractivity contribution is 0.0453. The zero-order valence-electron chi connectivity index (χ0n) is 10.2. The quantitative estimate of drug-likeness (QED) is 0.893. The maximum Gasteiger partial charge on any atom is 0.0771 e. The summed E-state index contributed by atoms with van der Waals surface area (Å²) >= 11 is 3.48. The Hall–Kier alpha value is -0.380. The molecule has 0 aromatic heterocycles. The minimum Gasteiger partial charge on any atom is -0.389 e. The summed E-state index contributed by atoms with van der Waals surface area (Å²) in [6.07, 6.45) is 4.18. The summed E-state index contributed by atoms with van der Waals surface area (Å²) in [6, 6.07) is 8.58. The molecule has 1 saturated carbocycles. The first-order valence-electron chi connectivity index (χ1n) is 6.30. The number of hydrogen-bond acceptors (Lipinski definition) is 2. The predicted molar refractivity (Wildman–Crippen MR) is 74.0 cm³/mol. The molecule has 1 atom stereocenters. The number of aliphatic hydroxyl groups is 1. The van der Waals surface area contributed by atoms with Gasteiger partial charge in [-0.2, -0.15) is 0 Å². The molecule has 1 fully saturated rings. The number of benzene rings is 1. The van der Waals surface area contributed by atoms with Gasteiger partial charge in [-0.05, 0) is 37.5 Å². The van der Waals surface area contributed by atoms with Crippen LogP contribution >= 0.6 is 15.9 Å². The molecule has 0 heterocycles. The third kappa shape index (κ3) is 3.54. The zero-order valence-corrected chi connectivity index (χ0v) is 11.8. The molecule has 2 nitrogen and oxygen atoms in total. The van der Waals surface area contributed by atoms with E-state index in [1.54, 1.807) is 0 Å². The molecule has 0 aliphatic heterocycles. The van der Waals surface area contributed by atoms with E-state index in [4.69, 9.17) is 0 Å². The van der Waals surface area contributed by atoms with Gasteiger partial charge in [0, 0.05) is 17.1 Å². The highest BCUT2D eigenvalue weighted by Gasteiger charge is 2.30. The van der Waals surface area contributed by atoms with Crippen molar-refractivity contribution in [2.75, 3.05) is 6.54 Å². The second-order valence-corrected chi connectivity index (χ2v) is 6.00. The fraction of sp³-hybridized carbons (Fsp3) is 0.571. The monoisotopic (exact) mass is 297 g/mol. The minimum absolute atomic E-state index is 0.275. The Morgan fingerprint density at radius 3 is 2.76 bits per heavy atom. The molecule has 94 valence electrons. The van der Waals surface area contributed by atoms with Crippen LogP contribution in [0.1, 0.15) is 44.2 Å². The van der Waals surface area contributed by atoms with Gasteiger partial charge in [-0.1, -0.05) is 40.9 Å². The lowest BCUT2D eigenvalue weighted by Crippen LogP contribution is -2.39. The van der Waals surface area contributed by atoms with Crippen molar-refractivity contribution < 1.29 is 5.11 Å². The average Bonchev–Trinajstić information content (AvgIpc) is 2.74. The van der Waals surface area contributed by atoms with Gasteiger partial charge in [0.2, 0.25) is 0 Å². The SMILES string of the molecule is CC(NCC1(O)CCCC1)c1cccc(Br)c1. The number of rotatable bonds is 4. The number of nitrogens with one attached hydrogen (secondary N) is 1. The van der Waals surface area contributed by atoms with Crippen molar-refractivity contribution in [2.45, 2.75) is 44.2 Å². The number of halogens is 1. The van der Waals surface area contributed by atoms with Gasteiger partial charge >= 0.3 is 0 Å². The van der Waals surface area contributed by atoms with Gasteiger partial charge in [0.1, 0.15) is 0 Å². The minimum atomic E-state index is -0.472. The van der Waals surface area contributed by atoms with Gasteiger partial charge in [0.05, 0.1) is 5.60 Å². The van der Waals surface area contributed by atoms with Crippen LogP contribution in [-0.4, -0.2) is 17.3 Å². The van der Waals surface area contributed by atoms with Crippen LogP contribution in [0.3, 0.4) is 0 Å². The summed E-state index contributed by atoms with van der Waals surface area (Å²) in [4.78, 5) is 0. The van der Waals surface area contributed by atoms with Crippen molar-refractivity contribution in [1.29, 1.82) is 0 Å². The maximum atomic E-state index is 10.3. The van der Waals surface area contributed by atoms with Crippen LogP contribution in [0, 0.1) is 0 Å². The van der Waals surface area contributed by atoms with E-state index in [0.717, 1.165) is 30.2 Å².